The van der Waals surface area contributed by atoms with E-state index >= 15 is 0 Å². The quantitative estimate of drug-likeness (QED) is 0.604. The summed E-state index contributed by atoms with van der Waals surface area (Å²) < 4.78 is 34.2. The molecule has 1 fully saturated rings. The van der Waals surface area contributed by atoms with Crippen molar-refractivity contribution in [3.8, 4) is 0 Å². The van der Waals surface area contributed by atoms with Crippen molar-refractivity contribution in [2.24, 2.45) is 0 Å². The summed E-state index contributed by atoms with van der Waals surface area (Å²) in [5.41, 5.74) is 2.16. The number of hydrogen-bond donors (Lipinski definition) is 1. The van der Waals surface area contributed by atoms with Crippen molar-refractivity contribution >= 4 is 21.6 Å². The Bertz CT molecular complexity index is 1310. The lowest BCUT2D eigenvalue weighted by Gasteiger charge is -2.11. The minimum atomic E-state index is -3.68. The first kappa shape index (κ1) is 20.2. The fraction of sp³-hybridized carbons (Fsp3) is 0.286. The highest BCUT2D eigenvalue weighted by Gasteiger charge is 2.28. The molecule has 156 valence electrons. The summed E-state index contributed by atoms with van der Waals surface area (Å²) in [7, 11) is -3.68. The van der Waals surface area contributed by atoms with Gasteiger partial charge in [-0.05, 0) is 56.0 Å². The number of benzene rings is 1. The van der Waals surface area contributed by atoms with Crippen LogP contribution >= 0.6 is 0 Å². The van der Waals surface area contributed by atoms with Crippen LogP contribution in [0.2, 0.25) is 0 Å². The van der Waals surface area contributed by atoms with Crippen LogP contribution in [-0.2, 0) is 21.4 Å². The molecule has 1 N–H and O–H groups in total. The first-order valence-electron chi connectivity index (χ1n) is 9.52. The Balaban J connectivity index is 1.54. The molecule has 1 saturated carbocycles. The Morgan fingerprint density at radius 3 is 2.70 bits per heavy atom. The number of sulfonamides is 1. The molecule has 0 amide bonds. The summed E-state index contributed by atoms with van der Waals surface area (Å²) in [5.74, 6) is -0.679. The van der Waals surface area contributed by atoms with Gasteiger partial charge in [0.2, 0.25) is 10.0 Å². The van der Waals surface area contributed by atoms with Crippen LogP contribution in [0.5, 0.6) is 0 Å². The Hall–Kier alpha value is -3.04. The van der Waals surface area contributed by atoms with E-state index in [4.69, 9.17) is 4.74 Å². The van der Waals surface area contributed by atoms with Crippen molar-refractivity contribution in [1.82, 2.24) is 14.1 Å². The van der Waals surface area contributed by atoms with E-state index in [1.807, 2.05) is 13.0 Å². The number of nitrogens with zero attached hydrogens (tertiary/aromatic N) is 2. The predicted molar refractivity (Wildman–Crippen MR) is 110 cm³/mol. The maximum Gasteiger partial charge on any atom is 0.338 e. The fourth-order valence-electron chi connectivity index (χ4n) is 3.03. The van der Waals surface area contributed by atoms with Crippen LogP contribution < -0.4 is 10.3 Å². The van der Waals surface area contributed by atoms with Crippen molar-refractivity contribution in [1.29, 1.82) is 0 Å². The second-order valence-corrected chi connectivity index (χ2v) is 9.18. The van der Waals surface area contributed by atoms with E-state index in [0.29, 0.717) is 16.9 Å². The topological polar surface area (TPSA) is 107 Å². The Morgan fingerprint density at radius 1 is 1.20 bits per heavy atom. The molecule has 0 radical (unpaired) electrons. The number of fused-ring (bicyclic) bond motifs is 1. The maximum absolute atomic E-state index is 12.6. The molecule has 0 saturated heterocycles. The third kappa shape index (κ3) is 4.27. The molecule has 0 spiro atoms. The minimum Gasteiger partial charge on any atom is -0.456 e. The number of pyridine rings is 1. The normalized spacial score (nSPS) is 14.1. The SMILES string of the molecule is Cc1ccc2nc(COC(=O)c3cc(S(=O)(=O)NC4CC4)ccc3C)cc(=O)n2c1. The minimum absolute atomic E-state index is 0.0180. The van der Waals surface area contributed by atoms with Crippen LogP contribution in [0, 0.1) is 13.8 Å². The highest BCUT2D eigenvalue weighted by molar-refractivity contribution is 7.89. The zero-order valence-electron chi connectivity index (χ0n) is 16.6. The van der Waals surface area contributed by atoms with Gasteiger partial charge in [0.25, 0.3) is 5.56 Å². The van der Waals surface area contributed by atoms with Crippen LogP contribution in [0.15, 0.2) is 52.3 Å². The number of hydrogen-bond acceptors (Lipinski definition) is 6. The van der Waals surface area contributed by atoms with Gasteiger partial charge in [-0.1, -0.05) is 12.1 Å². The Morgan fingerprint density at radius 2 is 1.97 bits per heavy atom. The van der Waals surface area contributed by atoms with Crippen LogP contribution in [0.4, 0.5) is 0 Å². The van der Waals surface area contributed by atoms with Gasteiger partial charge < -0.3 is 4.74 Å². The largest absolute Gasteiger partial charge is 0.456 e. The van der Waals surface area contributed by atoms with E-state index < -0.39 is 16.0 Å². The smallest absolute Gasteiger partial charge is 0.338 e. The molecule has 8 nitrogen and oxygen atoms in total. The zero-order valence-corrected chi connectivity index (χ0v) is 17.4. The van der Waals surface area contributed by atoms with E-state index in [0.717, 1.165) is 18.4 Å². The number of aromatic nitrogens is 2. The number of esters is 1. The third-order valence-electron chi connectivity index (χ3n) is 4.85. The fourth-order valence-corrected chi connectivity index (χ4v) is 4.36. The molecule has 0 bridgehead atoms. The van der Waals surface area contributed by atoms with Crippen molar-refractivity contribution in [2.45, 2.75) is 44.2 Å². The lowest BCUT2D eigenvalue weighted by Crippen LogP contribution is -2.26. The molecule has 0 atom stereocenters. The summed E-state index contributed by atoms with van der Waals surface area (Å²) in [6, 6.07) is 9.18. The zero-order chi connectivity index (χ0) is 21.5. The maximum atomic E-state index is 12.6. The molecule has 4 rings (SSSR count). The highest BCUT2D eigenvalue weighted by atomic mass is 32.2. The molecular formula is C21H21N3O5S. The third-order valence-corrected chi connectivity index (χ3v) is 6.37. The molecule has 1 aromatic carbocycles. The van der Waals surface area contributed by atoms with Crippen LogP contribution in [0.1, 0.15) is 40.0 Å². The van der Waals surface area contributed by atoms with Crippen LogP contribution in [0.3, 0.4) is 0 Å². The summed E-state index contributed by atoms with van der Waals surface area (Å²) in [6.07, 6.45) is 3.32. The molecule has 30 heavy (non-hydrogen) atoms. The first-order chi connectivity index (χ1) is 14.2. The average molecular weight is 427 g/mol. The second kappa shape index (κ2) is 7.66. The summed E-state index contributed by atoms with van der Waals surface area (Å²) in [4.78, 5) is 29.2. The van der Waals surface area contributed by atoms with Gasteiger partial charge in [0.05, 0.1) is 16.2 Å². The van der Waals surface area contributed by atoms with Crippen molar-refractivity contribution < 1.29 is 17.9 Å². The molecule has 9 heteroatoms. The summed E-state index contributed by atoms with van der Waals surface area (Å²) in [5, 5.41) is 0. The first-order valence-corrected chi connectivity index (χ1v) is 11.0. The Kier molecular flexibility index (Phi) is 5.17. The van der Waals surface area contributed by atoms with E-state index in [9.17, 15) is 18.0 Å². The number of aryl methyl sites for hydroxylation is 2. The number of nitrogens with one attached hydrogen (secondary N) is 1. The molecule has 0 unspecified atom stereocenters. The molecule has 0 aliphatic heterocycles. The molecule has 1 aliphatic carbocycles. The van der Waals surface area contributed by atoms with Crippen molar-refractivity contribution in [3.63, 3.8) is 0 Å². The number of carbonyl (C=O) groups is 1. The second-order valence-electron chi connectivity index (χ2n) is 7.47. The highest BCUT2D eigenvalue weighted by Crippen LogP contribution is 2.23. The van der Waals surface area contributed by atoms with Gasteiger partial charge >= 0.3 is 5.97 Å². The van der Waals surface area contributed by atoms with Gasteiger partial charge in [0, 0.05) is 18.3 Å². The van der Waals surface area contributed by atoms with E-state index in [1.54, 1.807) is 25.3 Å². The molecule has 3 aromatic rings. The summed E-state index contributed by atoms with van der Waals surface area (Å²) >= 11 is 0. The summed E-state index contributed by atoms with van der Waals surface area (Å²) in [6.45, 7) is 3.37. The molecule has 2 aromatic heterocycles. The Labute approximate surface area is 173 Å². The van der Waals surface area contributed by atoms with Gasteiger partial charge in [0.1, 0.15) is 12.3 Å². The van der Waals surface area contributed by atoms with Gasteiger partial charge in [-0.15, -0.1) is 0 Å². The van der Waals surface area contributed by atoms with Gasteiger partial charge in [0.15, 0.2) is 0 Å². The number of carbonyl (C=O) groups excluding carboxylic acids is 1. The van der Waals surface area contributed by atoms with Gasteiger partial charge in [-0.2, -0.15) is 0 Å². The number of ether oxygens (including phenoxy) is 1. The van der Waals surface area contributed by atoms with Crippen molar-refractivity contribution in [3.05, 3.63) is 75.3 Å². The molecular weight excluding hydrogens is 406 g/mol. The lowest BCUT2D eigenvalue weighted by molar-refractivity contribution is 0.0466. The lowest BCUT2D eigenvalue weighted by atomic mass is 10.1. The average Bonchev–Trinajstić information content (AvgIpc) is 3.50. The van der Waals surface area contributed by atoms with E-state index in [-0.39, 0.29) is 28.7 Å². The van der Waals surface area contributed by atoms with Crippen LogP contribution in [0.25, 0.3) is 5.65 Å². The van der Waals surface area contributed by atoms with E-state index in [2.05, 4.69) is 9.71 Å². The van der Waals surface area contributed by atoms with Crippen LogP contribution in [-0.4, -0.2) is 29.8 Å². The monoisotopic (exact) mass is 427 g/mol. The van der Waals surface area contributed by atoms with Gasteiger partial charge in [-0.25, -0.2) is 22.9 Å². The van der Waals surface area contributed by atoms with E-state index in [1.165, 1.54) is 22.6 Å². The number of rotatable bonds is 6. The molecule has 2 heterocycles. The molecule has 1 aliphatic rings. The predicted octanol–water partition coefficient (Wildman–Crippen LogP) is 2.11. The van der Waals surface area contributed by atoms with Gasteiger partial charge in [-0.3, -0.25) is 9.20 Å². The van der Waals surface area contributed by atoms with Crippen molar-refractivity contribution in [2.75, 3.05) is 0 Å². The standard InChI is InChI=1S/C21H21N3O5S/c1-13-3-8-19-22-16(9-20(25)24(19)11-13)12-29-21(26)18-10-17(7-4-14(18)2)30(27,28)23-15-5-6-15/h3-4,7-11,15,23H,5-6,12H2,1-2H3.